The molecule has 0 radical (unpaired) electrons. The highest BCUT2D eigenvalue weighted by Crippen LogP contribution is 2.22. The van der Waals surface area contributed by atoms with Crippen molar-refractivity contribution in [3.8, 4) is 5.75 Å². The van der Waals surface area contributed by atoms with Gasteiger partial charge in [-0.15, -0.1) is 24.0 Å². The zero-order chi connectivity index (χ0) is 18.4. The number of ether oxygens (including phenoxy) is 1. The summed E-state index contributed by atoms with van der Waals surface area (Å²) in [5, 5.41) is 6.51. The van der Waals surface area contributed by atoms with Crippen molar-refractivity contribution in [1.82, 2.24) is 15.5 Å². The van der Waals surface area contributed by atoms with E-state index in [-0.39, 0.29) is 47.6 Å². The number of aliphatic imine (C=N–C) groups is 1. The van der Waals surface area contributed by atoms with E-state index in [9.17, 15) is 8.42 Å². The Morgan fingerprint density at radius 1 is 1.42 bits per heavy atom. The Hall–Kier alpha value is -1.07. The van der Waals surface area contributed by atoms with Gasteiger partial charge in [-0.05, 0) is 38.2 Å². The van der Waals surface area contributed by atoms with Gasteiger partial charge >= 0.3 is 0 Å². The Labute approximate surface area is 173 Å². The molecule has 1 heterocycles. The number of hydrogen-bond donors (Lipinski definition) is 2. The summed E-state index contributed by atoms with van der Waals surface area (Å²) in [6.07, 6.45) is 0.621. The SMILES string of the molecule is CN=C(NCC(c1cccc(OC)c1)N(C)C)NC1CCS(=O)(=O)C1.I. The molecule has 0 saturated carbocycles. The van der Waals surface area contributed by atoms with Crippen LogP contribution in [0.1, 0.15) is 18.0 Å². The van der Waals surface area contributed by atoms with E-state index in [0.717, 1.165) is 11.3 Å². The lowest BCUT2D eigenvalue weighted by molar-refractivity contribution is 0.297. The summed E-state index contributed by atoms with van der Waals surface area (Å²) < 4.78 is 28.5. The molecule has 9 heteroatoms. The number of sulfone groups is 1. The molecule has 1 aromatic rings. The van der Waals surface area contributed by atoms with Gasteiger partial charge in [0.15, 0.2) is 15.8 Å². The van der Waals surface area contributed by atoms with Crippen LogP contribution in [0.15, 0.2) is 29.3 Å². The fraction of sp³-hybridized carbons (Fsp3) is 0.588. The molecule has 0 aromatic heterocycles. The standard InChI is InChI=1S/C17H28N4O3S.HI/c1-18-17(20-14-8-9-25(22,23)12-14)19-11-16(21(2)3)13-6-5-7-15(10-13)24-4;/h5-7,10,14,16H,8-9,11-12H2,1-4H3,(H2,18,19,20);1H. The van der Waals surface area contributed by atoms with Crippen molar-refractivity contribution in [2.45, 2.75) is 18.5 Å². The second kappa shape index (κ2) is 10.3. The lowest BCUT2D eigenvalue weighted by atomic mass is 10.1. The van der Waals surface area contributed by atoms with Crippen molar-refractivity contribution in [2.24, 2.45) is 4.99 Å². The zero-order valence-corrected chi connectivity index (χ0v) is 18.9. The molecule has 0 bridgehead atoms. The number of methoxy groups -OCH3 is 1. The quantitative estimate of drug-likeness (QED) is 0.351. The summed E-state index contributed by atoms with van der Waals surface area (Å²) in [5.74, 6) is 1.85. The van der Waals surface area contributed by atoms with E-state index < -0.39 is 9.84 Å². The van der Waals surface area contributed by atoms with E-state index in [1.165, 1.54) is 0 Å². The molecule has 26 heavy (non-hydrogen) atoms. The Bertz CT molecular complexity index is 710. The van der Waals surface area contributed by atoms with Crippen LogP contribution in [0.3, 0.4) is 0 Å². The molecular weight excluding hydrogens is 467 g/mol. The molecule has 2 N–H and O–H groups in total. The summed E-state index contributed by atoms with van der Waals surface area (Å²) in [7, 11) is 4.47. The van der Waals surface area contributed by atoms with E-state index in [1.54, 1.807) is 14.2 Å². The lowest BCUT2D eigenvalue weighted by Gasteiger charge is -2.27. The molecule has 2 atom stereocenters. The molecule has 1 aliphatic rings. The molecule has 2 unspecified atom stereocenters. The minimum absolute atomic E-state index is 0. The topological polar surface area (TPSA) is 83.0 Å². The Morgan fingerprint density at radius 2 is 2.15 bits per heavy atom. The lowest BCUT2D eigenvalue weighted by Crippen LogP contribution is -2.46. The van der Waals surface area contributed by atoms with Crippen LogP contribution in [0.5, 0.6) is 5.75 Å². The third-order valence-corrected chi connectivity index (χ3v) is 6.13. The van der Waals surface area contributed by atoms with Gasteiger partial charge in [-0.3, -0.25) is 4.99 Å². The highest BCUT2D eigenvalue weighted by atomic mass is 127. The van der Waals surface area contributed by atoms with Gasteiger partial charge in [0.05, 0.1) is 24.7 Å². The van der Waals surface area contributed by atoms with E-state index >= 15 is 0 Å². The van der Waals surface area contributed by atoms with Crippen LogP contribution in [-0.2, 0) is 9.84 Å². The first-order valence-corrected chi connectivity index (χ1v) is 10.1. The molecule has 1 aliphatic heterocycles. The number of rotatable bonds is 6. The first-order valence-electron chi connectivity index (χ1n) is 8.32. The van der Waals surface area contributed by atoms with Crippen molar-refractivity contribution in [3.05, 3.63) is 29.8 Å². The van der Waals surface area contributed by atoms with Gasteiger partial charge in [-0.25, -0.2) is 8.42 Å². The van der Waals surface area contributed by atoms with Gasteiger partial charge < -0.3 is 20.3 Å². The van der Waals surface area contributed by atoms with Crippen molar-refractivity contribution in [1.29, 1.82) is 0 Å². The van der Waals surface area contributed by atoms with E-state index in [4.69, 9.17) is 4.74 Å². The summed E-state index contributed by atoms with van der Waals surface area (Å²) in [6, 6.07) is 8.03. The molecule has 2 rings (SSSR count). The molecule has 1 aromatic carbocycles. The number of hydrogen-bond acceptors (Lipinski definition) is 5. The van der Waals surface area contributed by atoms with Crippen LogP contribution in [0.2, 0.25) is 0 Å². The minimum atomic E-state index is -2.91. The van der Waals surface area contributed by atoms with Crippen molar-refractivity contribution in [3.63, 3.8) is 0 Å². The van der Waals surface area contributed by atoms with E-state index in [1.807, 2.05) is 32.3 Å². The number of nitrogens with one attached hydrogen (secondary N) is 2. The van der Waals surface area contributed by atoms with E-state index in [2.05, 4.69) is 26.6 Å². The molecule has 148 valence electrons. The van der Waals surface area contributed by atoms with Gasteiger partial charge in [-0.1, -0.05) is 12.1 Å². The number of guanidine groups is 1. The van der Waals surface area contributed by atoms with Gasteiger partial charge in [-0.2, -0.15) is 0 Å². The summed E-state index contributed by atoms with van der Waals surface area (Å²) in [4.78, 5) is 6.33. The summed E-state index contributed by atoms with van der Waals surface area (Å²) in [5.41, 5.74) is 1.13. The number of nitrogens with zero attached hydrogens (tertiary/aromatic N) is 2. The molecule has 1 fully saturated rings. The maximum Gasteiger partial charge on any atom is 0.191 e. The van der Waals surface area contributed by atoms with Crippen molar-refractivity contribution < 1.29 is 13.2 Å². The molecular formula is C17H29IN4O3S. The highest BCUT2D eigenvalue weighted by Gasteiger charge is 2.28. The van der Waals surface area contributed by atoms with Crippen LogP contribution in [-0.4, -0.2) is 71.6 Å². The van der Waals surface area contributed by atoms with Gasteiger partial charge in [0.2, 0.25) is 0 Å². The predicted octanol–water partition coefficient (Wildman–Crippen LogP) is 1.27. The van der Waals surface area contributed by atoms with Crippen LogP contribution >= 0.6 is 24.0 Å². The molecule has 0 spiro atoms. The number of likely N-dealkylation sites (N-methyl/N-ethyl adjacent to an activating group) is 1. The Kier molecular flexibility index (Phi) is 9.11. The summed E-state index contributed by atoms with van der Waals surface area (Å²) in [6.45, 7) is 0.638. The third kappa shape index (κ3) is 6.58. The Balaban J connectivity index is 0.00000338. The minimum Gasteiger partial charge on any atom is -0.497 e. The maximum absolute atomic E-state index is 11.6. The maximum atomic E-state index is 11.6. The van der Waals surface area contributed by atoms with Crippen molar-refractivity contribution >= 4 is 39.8 Å². The smallest absolute Gasteiger partial charge is 0.191 e. The second-order valence-electron chi connectivity index (χ2n) is 6.45. The molecule has 0 amide bonds. The second-order valence-corrected chi connectivity index (χ2v) is 8.68. The first kappa shape index (κ1) is 23.0. The monoisotopic (exact) mass is 496 g/mol. The van der Waals surface area contributed by atoms with E-state index in [0.29, 0.717) is 18.9 Å². The molecule has 0 aliphatic carbocycles. The first-order chi connectivity index (χ1) is 11.8. The predicted molar refractivity (Wildman–Crippen MR) is 116 cm³/mol. The van der Waals surface area contributed by atoms with Crippen LogP contribution in [0, 0.1) is 0 Å². The van der Waals surface area contributed by atoms with Gasteiger partial charge in [0.1, 0.15) is 5.75 Å². The van der Waals surface area contributed by atoms with Gasteiger partial charge in [0.25, 0.3) is 0 Å². The fourth-order valence-electron chi connectivity index (χ4n) is 2.94. The van der Waals surface area contributed by atoms with Crippen molar-refractivity contribution in [2.75, 3.05) is 46.3 Å². The average Bonchev–Trinajstić information content (AvgIpc) is 2.92. The van der Waals surface area contributed by atoms with Gasteiger partial charge in [0, 0.05) is 19.6 Å². The summed E-state index contributed by atoms with van der Waals surface area (Å²) >= 11 is 0. The Morgan fingerprint density at radius 3 is 2.69 bits per heavy atom. The normalized spacial score (nSPS) is 20.3. The zero-order valence-electron chi connectivity index (χ0n) is 15.7. The van der Waals surface area contributed by atoms with Crippen LogP contribution in [0.4, 0.5) is 0 Å². The molecule has 1 saturated heterocycles. The average molecular weight is 496 g/mol. The van der Waals surface area contributed by atoms with Crippen LogP contribution in [0.25, 0.3) is 0 Å². The fourth-order valence-corrected chi connectivity index (χ4v) is 4.61. The highest BCUT2D eigenvalue weighted by molar-refractivity contribution is 14.0. The molecule has 7 nitrogen and oxygen atoms in total. The van der Waals surface area contributed by atoms with Crippen LogP contribution < -0.4 is 15.4 Å². The number of benzene rings is 1. The number of halogens is 1. The third-order valence-electron chi connectivity index (χ3n) is 4.36. The largest absolute Gasteiger partial charge is 0.497 e.